The summed E-state index contributed by atoms with van der Waals surface area (Å²) >= 11 is 14.8. The van der Waals surface area contributed by atoms with Crippen molar-refractivity contribution >= 4 is 63.7 Å². The Morgan fingerprint density at radius 2 is 1.24 bits per heavy atom. The van der Waals surface area contributed by atoms with Crippen LogP contribution in [0, 0.1) is 5.92 Å². The zero-order valence-corrected chi connectivity index (χ0v) is 16.7. The van der Waals surface area contributed by atoms with Crippen molar-refractivity contribution in [3.63, 3.8) is 0 Å². The van der Waals surface area contributed by atoms with Crippen LogP contribution in [0.2, 0.25) is 0 Å². The van der Waals surface area contributed by atoms with Gasteiger partial charge in [0.05, 0.1) is 0 Å². The van der Waals surface area contributed by atoms with Gasteiger partial charge in [-0.2, -0.15) is 0 Å². The van der Waals surface area contributed by atoms with Gasteiger partial charge in [-0.05, 0) is 93.1 Å². The fraction of sp³-hybridized carbons (Fsp3) is 0.538. The number of hydrogen-bond acceptors (Lipinski definition) is 0. The molecule has 0 amide bonds. The number of benzene rings is 1. The van der Waals surface area contributed by atoms with Crippen LogP contribution in [0.15, 0.2) is 17.9 Å². The third-order valence-corrected chi connectivity index (χ3v) is 7.66. The van der Waals surface area contributed by atoms with E-state index in [2.05, 4.69) is 91.4 Å². The first kappa shape index (κ1) is 16.2. The van der Waals surface area contributed by atoms with Crippen molar-refractivity contribution in [2.75, 3.05) is 0 Å². The summed E-state index contributed by atoms with van der Waals surface area (Å²) < 4.78 is 4.67. The first-order valence-corrected chi connectivity index (χ1v) is 8.84. The van der Waals surface area contributed by atoms with E-state index in [0.29, 0.717) is 11.8 Å². The molecule has 1 unspecified atom stereocenters. The third kappa shape index (κ3) is 3.18. The second kappa shape index (κ2) is 6.53. The summed E-state index contributed by atoms with van der Waals surface area (Å²) in [6.07, 6.45) is 0.995. The first-order valence-electron chi connectivity index (χ1n) is 5.67. The molecule has 17 heavy (non-hydrogen) atoms. The van der Waals surface area contributed by atoms with Gasteiger partial charge in [0.15, 0.2) is 0 Å². The smallest absolute Gasteiger partial charge is 0.0367 e. The van der Waals surface area contributed by atoms with E-state index in [0.717, 1.165) is 15.4 Å². The summed E-state index contributed by atoms with van der Waals surface area (Å²) in [6.45, 7) is 8.92. The van der Waals surface area contributed by atoms with Crippen LogP contribution in [0.1, 0.15) is 44.7 Å². The Morgan fingerprint density at radius 1 is 0.824 bits per heavy atom. The van der Waals surface area contributed by atoms with Crippen LogP contribution in [-0.4, -0.2) is 0 Å². The molecule has 1 aromatic carbocycles. The molecule has 1 rings (SSSR count). The highest BCUT2D eigenvalue weighted by atomic mass is 79.9. The molecule has 1 atom stereocenters. The lowest BCUT2D eigenvalue weighted by Crippen LogP contribution is -2.06. The highest BCUT2D eigenvalue weighted by Gasteiger charge is 2.23. The minimum atomic E-state index is 0.497. The van der Waals surface area contributed by atoms with E-state index in [-0.39, 0.29) is 0 Å². The minimum Gasteiger partial charge on any atom is -0.0622 e. The molecule has 4 heteroatoms. The van der Waals surface area contributed by atoms with E-state index >= 15 is 0 Å². The molecule has 0 spiro atoms. The monoisotopic (exact) mass is 488 g/mol. The van der Waals surface area contributed by atoms with Crippen LogP contribution in [0.25, 0.3) is 0 Å². The Kier molecular flexibility index (Phi) is 6.23. The lowest BCUT2D eigenvalue weighted by atomic mass is 9.89. The fourth-order valence-corrected chi connectivity index (χ4v) is 5.25. The van der Waals surface area contributed by atoms with Crippen molar-refractivity contribution in [3.8, 4) is 0 Å². The average Bonchev–Trinajstić information content (AvgIpc) is 2.27. The van der Waals surface area contributed by atoms with Crippen LogP contribution in [-0.2, 0) is 6.42 Å². The summed E-state index contributed by atoms with van der Waals surface area (Å²) in [5, 5.41) is 0. The summed E-state index contributed by atoms with van der Waals surface area (Å²) in [4.78, 5) is 0. The van der Waals surface area contributed by atoms with Gasteiger partial charge in [-0.1, -0.05) is 27.7 Å². The maximum atomic E-state index is 3.73. The highest BCUT2D eigenvalue weighted by molar-refractivity contribution is 9.14. The zero-order chi connectivity index (χ0) is 13.3. The maximum absolute atomic E-state index is 3.73. The normalized spacial score (nSPS) is 13.2. The van der Waals surface area contributed by atoms with Gasteiger partial charge in [-0.25, -0.2) is 0 Å². The van der Waals surface area contributed by atoms with E-state index in [4.69, 9.17) is 0 Å². The van der Waals surface area contributed by atoms with E-state index in [1.54, 1.807) is 0 Å². The molecule has 0 fully saturated rings. The van der Waals surface area contributed by atoms with Crippen LogP contribution in [0.4, 0.5) is 0 Å². The lowest BCUT2D eigenvalue weighted by molar-refractivity contribution is 0.531. The standard InChI is InChI=1S/C13H16Br4/c1-5-8-10(14)12(16)9(7(4)6(2)3)13(17)11(8)15/h6-7H,5H2,1-4H3. The molecule has 1 aromatic rings. The van der Waals surface area contributed by atoms with Crippen LogP contribution < -0.4 is 0 Å². The molecule has 0 aliphatic carbocycles. The van der Waals surface area contributed by atoms with E-state index in [1.807, 2.05) is 0 Å². The molecule has 0 saturated heterocycles. The molecular weight excluding hydrogens is 476 g/mol. The summed E-state index contributed by atoms with van der Waals surface area (Å²) in [7, 11) is 0. The lowest BCUT2D eigenvalue weighted by Gasteiger charge is -2.23. The predicted molar refractivity (Wildman–Crippen MR) is 89.9 cm³/mol. The number of halogens is 4. The number of hydrogen-bond donors (Lipinski definition) is 0. The second-order valence-electron chi connectivity index (χ2n) is 4.53. The Morgan fingerprint density at radius 3 is 1.53 bits per heavy atom. The van der Waals surface area contributed by atoms with Crippen LogP contribution >= 0.6 is 63.7 Å². The predicted octanol–water partition coefficient (Wildman–Crippen LogP) is 7.06. The molecule has 0 N–H and O–H groups in total. The van der Waals surface area contributed by atoms with Crippen molar-refractivity contribution in [2.45, 2.75) is 40.0 Å². The van der Waals surface area contributed by atoms with E-state index in [1.165, 1.54) is 20.1 Å². The zero-order valence-electron chi connectivity index (χ0n) is 10.4. The SMILES string of the molecule is CCc1c(Br)c(Br)c(C(C)C(C)C)c(Br)c1Br. The van der Waals surface area contributed by atoms with Crippen LogP contribution in [0.5, 0.6) is 0 Å². The summed E-state index contributed by atoms with van der Waals surface area (Å²) in [5.74, 6) is 1.10. The average molecular weight is 492 g/mol. The van der Waals surface area contributed by atoms with Gasteiger partial charge in [-0.3, -0.25) is 0 Å². The van der Waals surface area contributed by atoms with Gasteiger partial charge in [0.1, 0.15) is 0 Å². The van der Waals surface area contributed by atoms with Gasteiger partial charge in [0.2, 0.25) is 0 Å². The highest BCUT2D eigenvalue weighted by Crippen LogP contribution is 2.46. The van der Waals surface area contributed by atoms with E-state index in [9.17, 15) is 0 Å². The van der Waals surface area contributed by atoms with Crippen molar-refractivity contribution < 1.29 is 0 Å². The van der Waals surface area contributed by atoms with Crippen molar-refractivity contribution in [1.29, 1.82) is 0 Å². The Hall–Kier alpha value is 1.14. The second-order valence-corrected chi connectivity index (χ2v) is 7.71. The molecule has 0 aliphatic rings. The van der Waals surface area contributed by atoms with Gasteiger partial charge in [0.25, 0.3) is 0 Å². The summed E-state index contributed by atoms with van der Waals surface area (Å²) in [6, 6.07) is 0. The Labute approximate surface area is 137 Å². The minimum absolute atomic E-state index is 0.497. The fourth-order valence-electron chi connectivity index (χ4n) is 1.74. The molecule has 0 bridgehead atoms. The summed E-state index contributed by atoms with van der Waals surface area (Å²) in [5.41, 5.74) is 2.62. The topological polar surface area (TPSA) is 0 Å². The number of rotatable bonds is 3. The van der Waals surface area contributed by atoms with Gasteiger partial charge < -0.3 is 0 Å². The van der Waals surface area contributed by atoms with Gasteiger partial charge in [-0.15, -0.1) is 0 Å². The molecular formula is C13H16Br4. The molecule has 0 saturated carbocycles. The Bertz CT molecular complexity index is 395. The molecule has 0 aromatic heterocycles. The molecule has 96 valence electrons. The first-order chi connectivity index (χ1) is 7.82. The third-order valence-electron chi connectivity index (χ3n) is 3.20. The van der Waals surface area contributed by atoms with Crippen molar-refractivity contribution in [3.05, 3.63) is 29.0 Å². The quantitative estimate of drug-likeness (QED) is 0.397. The van der Waals surface area contributed by atoms with Crippen molar-refractivity contribution in [1.82, 2.24) is 0 Å². The molecule has 0 heterocycles. The maximum Gasteiger partial charge on any atom is 0.0367 e. The van der Waals surface area contributed by atoms with E-state index < -0.39 is 0 Å². The van der Waals surface area contributed by atoms with Gasteiger partial charge in [0, 0.05) is 17.9 Å². The van der Waals surface area contributed by atoms with Gasteiger partial charge >= 0.3 is 0 Å². The largest absolute Gasteiger partial charge is 0.0622 e. The van der Waals surface area contributed by atoms with Crippen molar-refractivity contribution in [2.24, 2.45) is 5.92 Å². The molecule has 0 aliphatic heterocycles. The van der Waals surface area contributed by atoms with Crippen LogP contribution in [0.3, 0.4) is 0 Å². The Balaban J connectivity index is 3.53. The molecule has 0 nitrogen and oxygen atoms in total. The molecule has 0 radical (unpaired) electrons.